The summed E-state index contributed by atoms with van der Waals surface area (Å²) >= 11 is 0. The molecule has 0 radical (unpaired) electrons. The van der Waals surface area contributed by atoms with Gasteiger partial charge in [-0.1, -0.05) is 0 Å². The standard InChI is InChI=1S/C12H16O7/c13-5-1-3-7-8(4-2-6-14)10(12(17)18)19-9(7)11(15)16/h13-14H,1-6H2,(H,15,16)(H,17,18). The number of aromatic carboxylic acids is 2. The summed E-state index contributed by atoms with van der Waals surface area (Å²) in [5.74, 6) is -3.49. The molecular weight excluding hydrogens is 256 g/mol. The maximum Gasteiger partial charge on any atom is 0.372 e. The highest BCUT2D eigenvalue weighted by Gasteiger charge is 2.27. The molecule has 0 fully saturated rings. The molecule has 0 amide bonds. The van der Waals surface area contributed by atoms with E-state index in [0.717, 1.165) is 0 Å². The number of hydrogen-bond acceptors (Lipinski definition) is 5. The Bertz CT molecular complexity index is 420. The third-order valence-corrected chi connectivity index (χ3v) is 2.67. The van der Waals surface area contributed by atoms with Crippen molar-refractivity contribution in [3.63, 3.8) is 0 Å². The molecule has 0 aliphatic rings. The molecule has 0 aliphatic heterocycles. The van der Waals surface area contributed by atoms with Gasteiger partial charge in [-0.15, -0.1) is 0 Å². The topological polar surface area (TPSA) is 128 Å². The third-order valence-electron chi connectivity index (χ3n) is 2.67. The number of rotatable bonds is 8. The molecule has 7 nitrogen and oxygen atoms in total. The van der Waals surface area contributed by atoms with Crippen molar-refractivity contribution in [1.29, 1.82) is 0 Å². The van der Waals surface area contributed by atoms with E-state index in [2.05, 4.69) is 0 Å². The van der Waals surface area contributed by atoms with Gasteiger partial charge < -0.3 is 24.8 Å². The zero-order valence-electron chi connectivity index (χ0n) is 10.3. The number of carboxylic acid groups (broad SMARTS) is 2. The van der Waals surface area contributed by atoms with E-state index in [1.54, 1.807) is 0 Å². The summed E-state index contributed by atoms with van der Waals surface area (Å²) in [7, 11) is 0. The smallest absolute Gasteiger partial charge is 0.372 e. The van der Waals surface area contributed by atoms with Crippen LogP contribution < -0.4 is 0 Å². The summed E-state index contributed by atoms with van der Waals surface area (Å²) in [5, 5.41) is 35.6. The Morgan fingerprint density at radius 1 is 0.842 bits per heavy atom. The molecule has 0 saturated carbocycles. The van der Waals surface area contributed by atoms with E-state index < -0.39 is 23.5 Å². The Hall–Kier alpha value is -1.86. The molecule has 7 heteroatoms. The van der Waals surface area contributed by atoms with Crippen molar-refractivity contribution in [2.75, 3.05) is 13.2 Å². The van der Waals surface area contributed by atoms with Gasteiger partial charge in [0.15, 0.2) is 0 Å². The monoisotopic (exact) mass is 272 g/mol. The fraction of sp³-hybridized carbons (Fsp3) is 0.500. The van der Waals surface area contributed by atoms with Crippen molar-refractivity contribution < 1.29 is 34.4 Å². The maximum atomic E-state index is 11.0. The molecule has 1 aromatic rings. The molecule has 4 N–H and O–H groups in total. The molecule has 0 saturated heterocycles. The van der Waals surface area contributed by atoms with Crippen molar-refractivity contribution >= 4 is 11.9 Å². The minimum absolute atomic E-state index is 0.133. The zero-order valence-corrected chi connectivity index (χ0v) is 10.3. The molecule has 0 aliphatic carbocycles. The Labute approximate surface area is 109 Å². The quantitative estimate of drug-likeness (QED) is 0.543. The van der Waals surface area contributed by atoms with Crippen LogP contribution in [0.2, 0.25) is 0 Å². The predicted molar refractivity (Wildman–Crippen MR) is 63.4 cm³/mol. The number of carboxylic acids is 2. The highest BCUT2D eigenvalue weighted by Crippen LogP contribution is 2.26. The van der Waals surface area contributed by atoms with E-state index in [4.69, 9.17) is 24.8 Å². The van der Waals surface area contributed by atoms with Gasteiger partial charge in [-0.05, 0) is 25.7 Å². The normalized spacial score (nSPS) is 10.6. The number of carbonyl (C=O) groups is 2. The first-order valence-electron chi connectivity index (χ1n) is 5.85. The number of aliphatic hydroxyl groups is 2. The van der Waals surface area contributed by atoms with E-state index in [9.17, 15) is 9.59 Å². The Morgan fingerprint density at radius 2 is 1.21 bits per heavy atom. The minimum atomic E-state index is -1.34. The van der Waals surface area contributed by atoms with Gasteiger partial charge in [0.2, 0.25) is 11.5 Å². The number of hydrogen-bond donors (Lipinski definition) is 4. The average molecular weight is 272 g/mol. The van der Waals surface area contributed by atoms with Crippen molar-refractivity contribution in [1.82, 2.24) is 0 Å². The van der Waals surface area contributed by atoms with Crippen molar-refractivity contribution in [3.05, 3.63) is 22.6 Å². The predicted octanol–water partition coefficient (Wildman–Crippen LogP) is 0.526. The lowest BCUT2D eigenvalue weighted by Gasteiger charge is -2.03. The Kier molecular flexibility index (Phi) is 5.53. The van der Waals surface area contributed by atoms with Crippen LogP contribution in [-0.2, 0) is 12.8 Å². The lowest BCUT2D eigenvalue weighted by Crippen LogP contribution is -2.04. The molecule has 1 rings (SSSR count). The average Bonchev–Trinajstić information content (AvgIpc) is 2.72. The molecule has 19 heavy (non-hydrogen) atoms. The van der Waals surface area contributed by atoms with Crippen LogP contribution in [0.25, 0.3) is 0 Å². The van der Waals surface area contributed by atoms with E-state index in [1.165, 1.54) is 0 Å². The van der Waals surface area contributed by atoms with E-state index >= 15 is 0 Å². The van der Waals surface area contributed by atoms with Gasteiger partial charge in [-0.3, -0.25) is 0 Å². The summed E-state index contributed by atoms with van der Waals surface area (Å²) < 4.78 is 4.90. The molecule has 106 valence electrons. The Balaban J connectivity index is 3.25. The summed E-state index contributed by atoms with van der Waals surface area (Å²) in [6.45, 7) is -0.266. The van der Waals surface area contributed by atoms with Crippen LogP contribution >= 0.6 is 0 Å². The van der Waals surface area contributed by atoms with Crippen LogP contribution in [0.1, 0.15) is 45.1 Å². The summed E-state index contributed by atoms with van der Waals surface area (Å²) in [5.41, 5.74) is 0.569. The second kappa shape index (κ2) is 6.91. The van der Waals surface area contributed by atoms with Gasteiger partial charge in [-0.2, -0.15) is 0 Å². The summed E-state index contributed by atoms with van der Waals surface area (Å²) in [4.78, 5) is 22.1. The zero-order chi connectivity index (χ0) is 14.4. The fourth-order valence-electron chi connectivity index (χ4n) is 1.89. The van der Waals surface area contributed by atoms with E-state index in [1.807, 2.05) is 0 Å². The number of furan rings is 1. The highest BCUT2D eigenvalue weighted by molar-refractivity contribution is 5.92. The van der Waals surface area contributed by atoms with Crippen LogP contribution in [0.5, 0.6) is 0 Å². The molecule has 1 heterocycles. The summed E-state index contributed by atoms with van der Waals surface area (Å²) in [6.07, 6.45) is 1.06. The van der Waals surface area contributed by atoms with Crippen LogP contribution in [0.4, 0.5) is 0 Å². The Morgan fingerprint density at radius 3 is 1.47 bits per heavy atom. The second-order valence-corrected chi connectivity index (χ2v) is 3.98. The largest absolute Gasteiger partial charge is 0.475 e. The van der Waals surface area contributed by atoms with Crippen molar-refractivity contribution in [2.24, 2.45) is 0 Å². The van der Waals surface area contributed by atoms with Crippen LogP contribution in [0, 0.1) is 0 Å². The molecule has 0 unspecified atom stereocenters. The molecule has 0 bridgehead atoms. The molecule has 0 atom stereocenters. The highest BCUT2D eigenvalue weighted by atomic mass is 16.4. The van der Waals surface area contributed by atoms with Gasteiger partial charge in [0.05, 0.1) is 0 Å². The van der Waals surface area contributed by atoms with Gasteiger partial charge >= 0.3 is 11.9 Å². The number of aliphatic hydroxyl groups excluding tert-OH is 2. The lowest BCUT2D eigenvalue weighted by atomic mass is 9.99. The molecule has 1 aromatic heterocycles. The lowest BCUT2D eigenvalue weighted by molar-refractivity contribution is 0.0630. The van der Waals surface area contributed by atoms with E-state index in [-0.39, 0.29) is 37.2 Å². The van der Waals surface area contributed by atoms with E-state index in [0.29, 0.717) is 12.8 Å². The van der Waals surface area contributed by atoms with Gasteiger partial charge in [-0.25, -0.2) is 9.59 Å². The third kappa shape index (κ3) is 3.55. The van der Waals surface area contributed by atoms with Gasteiger partial charge in [0, 0.05) is 24.3 Å². The first-order chi connectivity index (χ1) is 9.02. The minimum Gasteiger partial charge on any atom is -0.475 e. The van der Waals surface area contributed by atoms with Crippen molar-refractivity contribution in [2.45, 2.75) is 25.7 Å². The first kappa shape index (κ1) is 15.2. The molecule has 0 spiro atoms. The SMILES string of the molecule is O=C(O)c1oc(C(=O)O)c(CCCO)c1CCCO. The second-order valence-electron chi connectivity index (χ2n) is 3.98. The molecular formula is C12H16O7. The fourth-order valence-corrected chi connectivity index (χ4v) is 1.89. The van der Waals surface area contributed by atoms with Crippen LogP contribution in [0.3, 0.4) is 0 Å². The van der Waals surface area contributed by atoms with Crippen LogP contribution in [0.15, 0.2) is 4.42 Å². The van der Waals surface area contributed by atoms with Crippen LogP contribution in [-0.4, -0.2) is 45.6 Å². The van der Waals surface area contributed by atoms with Gasteiger partial charge in [0.1, 0.15) is 0 Å². The first-order valence-corrected chi connectivity index (χ1v) is 5.85. The van der Waals surface area contributed by atoms with Gasteiger partial charge in [0.25, 0.3) is 0 Å². The molecule has 0 aromatic carbocycles. The van der Waals surface area contributed by atoms with Crippen molar-refractivity contribution in [3.8, 4) is 0 Å². The maximum absolute atomic E-state index is 11.0. The summed E-state index contributed by atoms with van der Waals surface area (Å²) in [6, 6.07) is 0.